The molecule has 4 aromatic carbocycles. The summed E-state index contributed by atoms with van der Waals surface area (Å²) in [5.74, 6) is 5.26. The molecule has 2 saturated carbocycles. The zero-order valence-corrected chi connectivity index (χ0v) is 61.3. The number of fused-ring (bicyclic) bond motifs is 10. The van der Waals surface area contributed by atoms with Gasteiger partial charge in [-0.05, 0) is 200 Å². The van der Waals surface area contributed by atoms with Crippen molar-refractivity contribution in [2.75, 3.05) is 17.8 Å². The SMILES string of the molecule is CC(C)(C)/C=C/B1OC(C)(C)C(C)(C)O1.CC(C)(C)/C=C/c1nc2n(c1-c1ccc(C3(NC(=O)OC(C)(C)C)CCC3)cc1)-c1cccnc1Nc1ccccc1-2.CC(C)(C)OC(=O)NC1(c2ccc(-c3c(Br)nc4n3-c3cccnc3Nc3ccccc3-4)cc2)CCC1.CF.[2H]C. The van der Waals surface area contributed by atoms with Gasteiger partial charge in [0, 0.05) is 36.0 Å². The van der Waals surface area contributed by atoms with Crippen LogP contribution in [0.4, 0.5) is 37.0 Å². The van der Waals surface area contributed by atoms with Crippen LogP contribution in [0.25, 0.3) is 62.7 Å². The number of alkyl halides is 1. The summed E-state index contributed by atoms with van der Waals surface area (Å²) in [6.07, 6.45) is 15.0. The fourth-order valence-corrected chi connectivity index (χ4v) is 12.6. The van der Waals surface area contributed by atoms with E-state index in [-0.39, 0.29) is 41.3 Å². The fourth-order valence-electron chi connectivity index (χ4n) is 12.1. The van der Waals surface area contributed by atoms with Crippen molar-refractivity contribution in [2.24, 2.45) is 10.8 Å². The first kappa shape index (κ1) is 71.4. The van der Waals surface area contributed by atoms with E-state index in [4.69, 9.17) is 35.1 Å². The van der Waals surface area contributed by atoms with Gasteiger partial charge in [-0.3, -0.25) is 13.5 Å². The Morgan fingerprint density at radius 2 is 0.990 bits per heavy atom. The molecule has 512 valence electrons. The van der Waals surface area contributed by atoms with E-state index in [9.17, 15) is 14.0 Å². The van der Waals surface area contributed by atoms with E-state index in [0.717, 1.165) is 140 Å². The Labute approximate surface area is 583 Å². The molecule has 8 aromatic rings. The molecular formula is C78H97BBrFN10O6. The van der Waals surface area contributed by atoms with E-state index in [1.165, 1.54) is 7.40 Å². The number of carbonyl (C=O) groups is 2. The molecule has 0 atom stereocenters. The second kappa shape index (κ2) is 28.2. The summed E-state index contributed by atoms with van der Waals surface area (Å²) in [5, 5.41) is 13.3. The number of nitrogens with one attached hydrogen (secondary N) is 4. The number of halogens is 2. The molecule has 0 bridgehead atoms. The standard InChI is InChI=1S/C35H39N5O2.C29H28BrN5O2.C12H23BO2.CH3F.CH4/c1-33(2,3)21-18-27-29(23-14-16-24(17-15-23)35(19-10-20-35)39-32(41)42-34(4,5)6)40-28-13-9-22-36-30(28)37-26-12-8-7-11-25(26)31(40)38-27;1-28(2,3)37-27(36)34-29(15-7-16-29)19-13-11-18(12-14-19)23-24(30)33-26-20-8-4-5-9-21(20)32-25-22(35(23)26)10-6-17-31-25;1-10(2,3)8-9-13-14-11(4,5)12(6,7)15-13;1-2;/h7-9,11-18,21-22H,10,19-20H2,1-6H3,(H,36,37)(H,39,41);4-6,8-14,17H,7,15-16H2,1-3H3,(H,31,32)(H,34,36);8-9H,1-7H3;1H3;1H4/b21-18+;;9-8+;;/i;;;;1D. The van der Waals surface area contributed by atoms with Gasteiger partial charge in [-0.2, -0.15) is 0 Å². The van der Waals surface area contributed by atoms with Crippen LogP contribution in [0.2, 0.25) is 0 Å². The molecule has 3 fully saturated rings. The molecule has 2 amide bonds. The second-order valence-electron chi connectivity index (χ2n) is 30.3. The van der Waals surface area contributed by atoms with Crippen LogP contribution in [0.5, 0.6) is 0 Å². The van der Waals surface area contributed by atoms with Crippen LogP contribution in [0, 0.1) is 10.8 Å². The number of hydrogen-bond acceptors (Lipinski definition) is 12. The number of ether oxygens (including phenoxy) is 2. The third-order valence-electron chi connectivity index (χ3n) is 17.7. The van der Waals surface area contributed by atoms with E-state index in [1.807, 2.05) is 96.0 Å². The molecule has 4 N–H and O–H groups in total. The maximum Gasteiger partial charge on any atom is 0.486 e. The van der Waals surface area contributed by atoms with Crippen molar-refractivity contribution in [3.63, 3.8) is 0 Å². The normalized spacial score (nSPS) is 16.5. The van der Waals surface area contributed by atoms with Crippen molar-refractivity contribution in [3.8, 4) is 56.7 Å². The number of pyridine rings is 2. The Kier molecular flexibility index (Phi) is 20.8. The molecule has 0 spiro atoms. The third-order valence-corrected chi connectivity index (χ3v) is 18.3. The summed E-state index contributed by atoms with van der Waals surface area (Å²) < 4.78 is 43.2. The molecule has 16 nitrogen and oxygen atoms in total. The molecule has 0 unspecified atom stereocenters. The molecule has 13 rings (SSSR count). The number of allylic oxidation sites excluding steroid dienone is 2. The predicted molar refractivity (Wildman–Crippen MR) is 395 cm³/mol. The lowest BCUT2D eigenvalue weighted by atomic mass is 9.71. The molecule has 97 heavy (non-hydrogen) atoms. The molecular weight excluding hydrogens is 1280 g/mol. The average molecular weight is 1380 g/mol. The molecule has 5 aliphatic rings. The monoisotopic (exact) mass is 1380 g/mol. The van der Waals surface area contributed by atoms with E-state index >= 15 is 0 Å². The van der Waals surface area contributed by atoms with Crippen molar-refractivity contribution in [1.29, 1.82) is 0 Å². The number of anilines is 4. The van der Waals surface area contributed by atoms with Gasteiger partial charge in [-0.1, -0.05) is 140 Å². The van der Waals surface area contributed by atoms with Crippen LogP contribution in [-0.4, -0.2) is 78.0 Å². The Hall–Kier alpha value is -8.39. The Morgan fingerprint density at radius 1 is 0.588 bits per heavy atom. The minimum atomic E-state index is -0.547. The average Bonchev–Trinajstić information content (AvgIpc) is 1.52. The first-order valence-electron chi connectivity index (χ1n) is 34.1. The summed E-state index contributed by atoms with van der Waals surface area (Å²) >= 11 is 3.74. The topological polar surface area (TPSA) is 181 Å². The molecule has 3 aliphatic heterocycles. The van der Waals surface area contributed by atoms with E-state index < -0.39 is 22.3 Å². The first-order chi connectivity index (χ1) is 46.2. The second-order valence-corrected chi connectivity index (χ2v) is 31.1. The Morgan fingerprint density at radius 3 is 1.39 bits per heavy atom. The van der Waals surface area contributed by atoms with E-state index in [0.29, 0.717) is 7.18 Å². The number of carbonyl (C=O) groups excluding carboxylic acids is 2. The van der Waals surface area contributed by atoms with Crippen LogP contribution < -0.4 is 21.3 Å². The van der Waals surface area contributed by atoms with Crippen molar-refractivity contribution in [1.82, 2.24) is 39.7 Å². The molecule has 19 heteroatoms. The van der Waals surface area contributed by atoms with Crippen LogP contribution in [-0.2, 0) is 29.9 Å². The summed E-state index contributed by atoms with van der Waals surface area (Å²) in [5.41, 5.74) is 10.6. The Bertz CT molecular complexity index is 4170. The molecule has 4 aromatic heterocycles. The largest absolute Gasteiger partial charge is 0.486 e. The summed E-state index contributed by atoms with van der Waals surface area (Å²) in [4.78, 5) is 44.8. The van der Waals surface area contributed by atoms with Crippen LogP contribution in [0.1, 0.15) is 175 Å². The Balaban J connectivity index is 0.000000183. The van der Waals surface area contributed by atoms with E-state index in [2.05, 4.69) is 212 Å². The predicted octanol–water partition coefficient (Wildman–Crippen LogP) is 20.4. The lowest BCUT2D eigenvalue weighted by Gasteiger charge is -2.43. The number of imidazole rings is 2. The number of hydrogen-bond donors (Lipinski definition) is 4. The van der Waals surface area contributed by atoms with Gasteiger partial charge in [-0.15, -0.1) is 0 Å². The number of benzene rings is 4. The highest BCUT2D eigenvalue weighted by molar-refractivity contribution is 9.10. The van der Waals surface area contributed by atoms with Gasteiger partial charge in [0.15, 0.2) is 11.6 Å². The van der Waals surface area contributed by atoms with Crippen LogP contribution >= 0.6 is 15.9 Å². The maximum atomic E-state index is 12.7. The van der Waals surface area contributed by atoms with Gasteiger partial charge in [0.1, 0.15) is 27.5 Å². The van der Waals surface area contributed by atoms with Gasteiger partial charge in [0.05, 0.1) is 69.3 Å². The van der Waals surface area contributed by atoms with Gasteiger partial charge >= 0.3 is 19.3 Å². The van der Waals surface area contributed by atoms with Crippen LogP contribution in [0.15, 0.2) is 156 Å². The highest BCUT2D eigenvalue weighted by atomic mass is 79.9. The number of alkyl carbamates (subject to hydrolysis) is 2. The molecule has 2 aliphatic carbocycles. The number of rotatable bonds is 8. The highest BCUT2D eigenvalue weighted by Gasteiger charge is 2.50. The lowest BCUT2D eigenvalue weighted by molar-refractivity contribution is 0.00578. The van der Waals surface area contributed by atoms with E-state index in [1.54, 1.807) is 12.4 Å². The molecule has 0 radical (unpaired) electrons. The number of para-hydroxylation sites is 2. The number of nitrogens with zero attached hydrogens (tertiary/aromatic N) is 6. The van der Waals surface area contributed by atoms with Gasteiger partial charge in [-0.25, -0.2) is 29.5 Å². The quantitative estimate of drug-likeness (QED) is 0.106. The molecule has 7 heterocycles. The van der Waals surface area contributed by atoms with Crippen molar-refractivity contribution in [2.45, 2.75) is 190 Å². The minimum Gasteiger partial charge on any atom is -0.444 e. The summed E-state index contributed by atoms with van der Waals surface area (Å²) in [6.45, 7) is 32.6. The fraction of sp³-hybridized carbons (Fsp3) is 0.410. The van der Waals surface area contributed by atoms with Crippen molar-refractivity contribution in [3.05, 3.63) is 173 Å². The zero-order valence-electron chi connectivity index (χ0n) is 60.7. The van der Waals surface area contributed by atoms with Gasteiger partial charge < -0.3 is 40.0 Å². The number of aromatic nitrogens is 6. The van der Waals surface area contributed by atoms with Gasteiger partial charge in [0.25, 0.3) is 0 Å². The van der Waals surface area contributed by atoms with Gasteiger partial charge in [0.2, 0.25) is 0 Å². The third kappa shape index (κ3) is 16.3. The minimum absolute atomic E-state index is 0.00893. The van der Waals surface area contributed by atoms with Crippen LogP contribution in [0.3, 0.4) is 0 Å². The zero-order chi connectivity index (χ0) is 71.4. The van der Waals surface area contributed by atoms with Crippen molar-refractivity contribution >= 4 is 64.3 Å². The highest BCUT2D eigenvalue weighted by Crippen LogP contribution is 2.48. The summed E-state index contributed by atoms with van der Waals surface area (Å²) in [7, 11) is 1.54. The summed E-state index contributed by atoms with van der Waals surface area (Å²) in [6, 6.07) is 41.3. The lowest BCUT2D eigenvalue weighted by Crippen LogP contribution is -2.52. The molecule has 1 saturated heterocycles. The maximum absolute atomic E-state index is 12.7. The first-order valence-corrected chi connectivity index (χ1v) is 33.9. The smallest absolute Gasteiger partial charge is 0.444 e. The number of amides is 2. The van der Waals surface area contributed by atoms with Crippen molar-refractivity contribution < 1.29 is 34.1 Å².